The third-order valence-electron chi connectivity index (χ3n) is 4.49. The number of anilines is 1. The van der Waals surface area contributed by atoms with Crippen molar-refractivity contribution >= 4 is 17.4 Å². The number of hydrogen-bond donors (Lipinski definition) is 0. The van der Waals surface area contributed by atoms with Crippen molar-refractivity contribution in [3.05, 3.63) is 17.0 Å². The first-order valence-corrected chi connectivity index (χ1v) is 8.04. The van der Waals surface area contributed by atoms with Crippen molar-refractivity contribution in [2.75, 3.05) is 31.1 Å². The van der Waals surface area contributed by atoms with E-state index in [1.165, 1.54) is 32.4 Å². The Kier molecular flexibility index (Phi) is 4.13. The third-order valence-corrected chi connectivity index (χ3v) is 4.80. The zero-order chi connectivity index (χ0) is 14.1. The fourth-order valence-corrected chi connectivity index (χ4v) is 3.86. The highest BCUT2D eigenvalue weighted by atomic mass is 35.5. The van der Waals surface area contributed by atoms with Crippen molar-refractivity contribution in [2.24, 2.45) is 0 Å². The van der Waals surface area contributed by atoms with Crippen LogP contribution in [-0.4, -0.2) is 47.1 Å². The molecule has 0 N–H and O–H groups in total. The second-order valence-corrected chi connectivity index (χ2v) is 6.55. The molecule has 0 bridgehead atoms. The van der Waals surface area contributed by atoms with Crippen molar-refractivity contribution in [1.82, 2.24) is 14.9 Å². The van der Waals surface area contributed by atoms with E-state index >= 15 is 0 Å². The normalized spacial score (nSPS) is 24.0. The van der Waals surface area contributed by atoms with Gasteiger partial charge in [0.1, 0.15) is 17.3 Å². The summed E-state index contributed by atoms with van der Waals surface area (Å²) in [5.74, 6) is 1.40. The van der Waals surface area contributed by atoms with Gasteiger partial charge in [-0.3, -0.25) is 4.90 Å². The first kappa shape index (κ1) is 14.1. The highest BCUT2D eigenvalue weighted by Crippen LogP contribution is 2.32. The second kappa shape index (κ2) is 5.86. The van der Waals surface area contributed by atoms with Gasteiger partial charge in [-0.1, -0.05) is 25.4 Å². The summed E-state index contributed by atoms with van der Waals surface area (Å²) >= 11 is 6.31. The van der Waals surface area contributed by atoms with Gasteiger partial charge in [-0.2, -0.15) is 0 Å². The first-order chi connectivity index (χ1) is 9.66. The van der Waals surface area contributed by atoms with E-state index in [4.69, 9.17) is 11.6 Å². The van der Waals surface area contributed by atoms with Gasteiger partial charge in [-0.15, -0.1) is 0 Å². The van der Waals surface area contributed by atoms with Gasteiger partial charge in [-0.05, 0) is 31.7 Å². The maximum absolute atomic E-state index is 6.31. The number of rotatable bonds is 2. The highest BCUT2D eigenvalue weighted by Gasteiger charge is 2.30. The second-order valence-electron chi connectivity index (χ2n) is 6.19. The number of halogens is 1. The zero-order valence-corrected chi connectivity index (χ0v) is 13.1. The highest BCUT2D eigenvalue weighted by molar-refractivity contribution is 6.30. The first-order valence-electron chi connectivity index (χ1n) is 7.66. The number of fused-ring (bicyclic) bond motifs is 1. The fourth-order valence-electron chi connectivity index (χ4n) is 3.51. The maximum atomic E-state index is 6.31. The van der Waals surface area contributed by atoms with Crippen LogP contribution in [0.25, 0.3) is 0 Å². The predicted molar refractivity (Wildman–Crippen MR) is 82.6 cm³/mol. The van der Waals surface area contributed by atoms with Crippen LogP contribution in [-0.2, 0) is 0 Å². The third kappa shape index (κ3) is 2.63. The Morgan fingerprint density at radius 2 is 2.00 bits per heavy atom. The zero-order valence-electron chi connectivity index (χ0n) is 12.3. The molecule has 2 saturated heterocycles. The summed E-state index contributed by atoms with van der Waals surface area (Å²) in [5, 5.41) is 0.609. The number of nitrogens with zero attached hydrogens (tertiary/aromatic N) is 4. The van der Waals surface area contributed by atoms with E-state index in [0.717, 1.165) is 24.5 Å². The van der Waals surface area contributed by atoms with E-state index in [1.807, 2.05) is 0 Å². The van der Waals surface area contributed by atoms with Crippen molar-refractivity contribution in [1.29, 1.82) is 0 Å². The summed E-state index contributed by atoms with van der Waals surface area (Å²) in [6.45, 7) is 8.95. The minimum atomic E-state index is 0.349. The van der Waals surface area contributed by atoms with Gasteiger partial charge in [0, 0.05) is 31.2 Å². The van der Waals surface area contributed by atoms with Crippen LogP contribution in [0, 0.1) is 0 Å². The Hall–Kier alpha value is -0.870. The lowest BCUT2D eigenvalue weighted by Gasteiger charge is -2.28. The van der Waals surface area contributed by atoms with E-state index in [0.29, 0.717) is 17.1 Å². The molecule has 5 heteroatoms. The largest absolute Gasteiger partial charge is 0.355 e. The molecule has 0 radical (unpaired) electrons. The summed E-state index contributed by atoms with van der Waals surface area (Å²) in [6, 6.07) is 0.686. The van der Waals surface area contributed by atoms with Crippen LogP contribution in [0.4, 0.5) is 5.82 Å². The van der Waals surface area contributed by atoms with Crippen LogP contribution in [0.5, 0.6) is 0 Å². The van der Waals surface area contributed by atoms with Crippen molar-refractivity contribution in [3.63, 3.8) is 0 Å². The van der Waals surface area contributed by atoms with E-state index in [2.05, 4.69) is 33.6 Å². The lowest BCUT2D eigenvalue weighted by molar-refractivity contribution is 0.273. The van der Waals surface area contributed by atoms with Crippen LogP contribution in [0.15, 0.2) is 6.33 Å². The summed E-state index contributed by atoms with van der Waals surface area (Å²) in [6.07, 6.45) is 5.45. The monoisotopic (exact) mass is 294 g/mol. The molecule has 1 aromatic rings. The SMILES string of the molecule is CC(C)c1c(Cl)ncnc1N1CCCN2CCCC2C1. The Balaban J connectivity index is 1.90. The van der Waals surface area contributed by atoms with Gasteiger partial charge in [0.15, 0.2) is 0 Å². The predicted octanol–water partition coefficient (Wildman–Crippen LogP) is 2.93. The number of hydrogen-bond acceptors (Lipinski definition) is 4. The molecule has 2 fully saturated rings. The van der Waals surface area contributed by atoms with E-state index in [-0.39, 0.29) is 0 Å². The van der Waals surface area contributed by atoms with Crippen LogP contribution in [0.1, 0.15) is 44.6 Å². The van der Waals surface area contributed by atoms with Gasteiger partial charge < -0.3 is 4.90 Å². The van der Waals surface area contributed by atoms with Gasteiger partial charge >= 0.3 is 0 Å². The molecule has 4 nitrogen and oxygen atoms in total. The smallest absolute Gasteiger partial charge is 0.138 e. The molecule has 0 spiro atoms. The lowest BCUT2D eigenvalue weighted by Crippen LogP contribution is -2.37. The van der Waals surface area contributed by atoms with E-state index in [9.17, 15) is 0 Å². The Morgan fingerprint density at radius 3 is 2.80 bits per heavy atom. The minimum absolute atomic E-state index is 0.349. The van der Waals surface area contributed by atoms with Crippen molar-refractivity contribution < 1.29 is 0 Å². The molecular weight excluding hydrogens is 272 g/mol. The quantitative estimate of drug-likeness (QED) is 0.785. The number of aromatic nitrogens is 2. The molecule has 2 aliphatic rings. The molecule has 0 aliphatic carbocycles. The van der Waals surface area contributed by atoms with E-state index in [1.54, 1.807) is 6.33 Å². The van der Waals surface area contributed by atoms with Gasteiger partial charge in [0.25, 0.3) is 0 Å². The molecule has 3 heterocycles. The molecule has 1 unspecified atom stereocenters. The average molecular weight is 295 g/mol. The topological polar surface area (TPSA) is 32.3 Å². The Morgan fingerprint density at radius 1 is 1.20 bits per heavy atom. The van der Waals surface area contributed by atoms with Gasteiger partial charge in [0.2, 0.25) is 0 Å². The molecular formula is C15H23ClN4. The Bertz CT molecular complexity index is 477. The lowest BCUT2D eigenvalue weighted by atomic mass is 10.1. The molecule has 0 aromatic carbocycles. The molecule has 0 saturated carbocycles. The fraction of sp³-hybridized carbons (Fsp3) is 0.733. The van der Waals surface area contributed by atoms with E-state index < -0.39 is 0 Å². The Labute approximate surface area is 126 Å². The molecule has 1 aromatic heterocycles. The summed E-state index contributed by atoms with van der Waals surface area (Å²) in [4.78, 5) is 13.8. The van der Waals surface area contributed by atoms with Gasteiger partial charge in [0.05, 0.1) is 0 Å². The minimum Gasteiger partial charge on any atom is -0.355 e. The van der Waals surface area contributed by atoms with Crippen LogP contribution in [0.3, 0.4) is 0 Å². The molecule has 110 valence electrons. The standard InChI is InChI=1S/C15H23ClN4/c1-11(2)13-14(16)17-10-18-15(13)20-8-4-7-19-6-3-5-12(19)9-20/h10-12H,3-9H2,1-2H3. The molecule has 3 rings (SSSR count). The van der Waals surface area contributed by atoms with Crippen LogP contribution >= 0.6 is 11.6 Å². The molecule has 2 aliphatic heterocycles. The summed E-state index contributed by atoms with van der Waals surface area (Å²) < 4.78 is 0. The molecule has 20 heavy (non-hydrogen) atoms. The summed E-state index contributed by atoms with van der Waals surface area (Å²) in [5.41, 5.74) is 1.10. The van der Waals surface area contributed by atoms with Crippen LogP contribution in [0.2, 0.25) is 5.15 Å². The van der Waals surface area contributed by atoms with Crippen molar-refractivity contribution in [2.45, 2.75) is 45.1 Å². The van der Waals surface area contributed by atoms with Gasteiger partial charge in [-0.25, -0.2) is 9.97 Å². The molecule has 1 atom stereocenters. The average Bonchev–Trinajstić information content (AvgIpc) is 2.75. The van der Waals surface area contributed by atoms with Crippen LogP contribution < -0.4 is 4.90 Å². The molecule has 0 amide bonds. The summed E-state index contributed by atoms with van der Waals surface area (Å²) in [7, 11) is 0. The van der Waals surface area contributed by atoms with Crippen molar-refractivity contribution in [3.8, 4) is 0 Å². The maximum Gasteiger partial charge on any atom is 0.138 e.